The normalized spacial score (nSPS) is 19.4. The molecule has 1 fully saturated rings. The van der Waals surface area contributed by atoms with Gasteiger partial charge in [-0.1, -0.05) is 30.3 Å². The standard InChI is InChI=1S/C23H26N4O3/c1-16(28)27-20-9-8-18(23(30)26-12-5-10-24-11-13-26)14-19(20)25-22(29)15-21(27)17-6-3-2-4-7-17/h2-4,6-9,14,21,24H,5,10-13,15H2,1H3,(H,25,29). The molecule has 156 valence electrons. The highest BCUT2D eigenvalue weighted by atomic mass is 16.2. The lowest BCUT2D eigenvalue weighted by Crippen LogP contribution is -2.34. The maximum absolute atomic E-state index is 13.0. The third-order valence-corrected chi connectivity index (χ3v) is 5.62. The summed E-state index contributed by atoms with van der Waals surface area (Å²) in [6, 6.07) is 14.3. The predicted octanol–water partition coefficient (Wildman–Crippen LogP) is 2.56. The summed E-state index contributed by atoms with van der Waals surface area (Å²) in [5, 5.41) is 6.19. The summed E-state index contributed by atoms with van der Waals surface area (Å²) in [6.45, 7) is 4.52. The zero-order valence-corrected chi connectivity index (χ0v) is 17.1. The largest absolute Gasteiger partial charge is 0.337 e. The summed E-state index contributed by atoms with van der Waals surface area (Å²) in [4.78, 5) is 41.8. The molecular weight excluding hydrogens is 380 g/mol. The quantitative estimate of drug-likeness (QED) is 0.803. The Balaban J connectivity index is 1.71. The van der Waals surface area contributed by atoms with Crippen LogP contribution in [0.25, 0.3) is 0 Å². The lowest BCUT2D eigenvalue weighted by molar-refractivity contribution is -0.118. The molecule has 0 spiro atoms. The Labute approximate surface area is 176 Å². The molecule has 4 rings (SSSR count). The Bertz CT molecular complexity index is 952. The van der Waals surface area contributed by atoms with Crippen LogP contribution in [0.1, 0.15) is 41.7 Å². The molecule has 2 aliphatic rings. The van der Waals surface area contributed by atoms with E-state index in [1.807, 2.05) is 35.2 Å². The van der Waals surface area contributed by atoms with Gasteiger partial charge in [0, 0.05) is 32.1 Å². The van der Waals surface area contributed by atoms with Crippen LogP contribution in [-0.2, 0) is 9.59 Å². The number of hydrogen-bond acceptors (Lipinski definition) is 4. The van der Waals surface area contributed by atoms with Crippen LogP contribution in [0.2, 0.25) is 0 Å². The minimum Gasteiger partial charge on any atom is -0.337 e. The third kappa shape index (κ3) is 4.07. The number of nitrogens with zero attached hydrogens (tertiary/aromatic N) is 2. The van der Waals surface area contributed by atoms with Crippen molar-refractivity contribution < 1.29 is 14.4 Å². The van der Waals surface area contributed by atoms with Gasteiger partial charge in [0.05, 0.1) is 23.8 Å². The van der Waals surface area contributed by atoms with Crippen molar-refractivity contribution in [3.05, 3.63) is 59.7 Å². The van der Waals surface area contributed by atoms with Gasteiger partial charge in [0.25, 0.3) is 5.91 Å². The van der Waals surface area contributed by atoms with E-state index in [0.717, 1.165) is 25.1 Å². The van der Waals surface area contributed by atoms with E-state index in [1.165, 1.54) is 6.92 Å². The number of amides is 3. The summed E-state index contributed by atoms with van der Waals surface area (Å²) in [5.74, 6) is -0.398. The van der Waals surface area contributed by atoms with E-state index in [1.54, 1.807) is 23.1 Å². The second-order valence-corrected chi connectivity index (χ2v) is 7.70. The SMILES string of the molecule is CC(=O)N1c2ccc(C(=O)N3CCCNCC3)cc2NC(=O)CC1c1ccccc1. The molecule has 2 aliphatic heterocycles. The van der Waals surface area contributed by atoms with Crippen molar-refractivity contribution in [1.29, 1.82) is 0 Å². The fourth-order valence-corrected chi connectivity index (χ4v) is 4.18. The summed E-state index contributed by atoms with van der Waals surface area (Å²) in [7, 11) is 0. The molecule has 0 aromatic heterocycles. The number of benzene rings is 2. The van der Waals surface area contributed by atoms with Gasteiger partial charge in [0.2, 0.25) is 11.8 Å². The second-order valence-electron chi connectivity index (χ2n) is 7.70. The van der Waals surface area contributed by atoms with Crippen LogP contribution in [0.15, 0.2) is 48.5 Å². The molecular formula is C23H26N4O3. The van der Waals surface area contributed by atoms with Gasteiger partial charge in [-0.15, -0.1) is 0 Å². The predicted molar refractivity (Wildman–Crippen MR) is 115 cm³/mol. The molecule has 2 aromatic carbocycles. The Morgan fingerprint density at radius 2 is 1.83 bits per heavy atom. The zero-order chi connectivity index (χ0) is 21.1. The molecule has 1 unspecified atom stereocenters. The molecule has 0 aliphatic carbocycles. The number of nitrogens with one attached hydrogen (secondary N) is 2. The number of carbonyl (C=O) groups is 3. The van der Waals surface area contributed by atoms with Gasteiger partial charge in [-0.2, -0.15) is 0 Å². The molecule has 0 saturated carbocycles. The van der Waals surface area contributed by atoms with Crippen molar-refractivity contribution in [3.8, 4) is 0 Å². The van der Waals surface area contributed by atoms with Crippen molar-refractivity contribution in [2.45, 2.75) is 25.8 Å². The Morgan fingerprint density at radius 1 is 1.03 bits per heavy atom. The van der Waals surface area contributed by atoms with Crippen LogP contribution in [0.4, 0.5) is 11.4 Å². The van der Waals surface area contributed by atoms with E-state index >= 15 is 0 Å². The summed E-state index contributed by atoms with van der Waals surface area (Å²) < 4.78 is 0. The minimum atomic E-state index is -0.400. The van der Waals surface area contributed by atoms with Gasteiger partial charge >= 0.3 is 0 Å². The van der Waals surface area contributed by atoms with Crippen LogP contribution in [0.3, 0.4) is 0 Å². The van der Waals surface area contributed by atoms with Crippen molar-refractivity contribution in [3.63, 3.8) is 0 Å². The van der Waals surface area contributed by atoms with Crippen molar-refractivity contribution in [2.75, 3.05) is 36.4 Å². The maximum Gasteiger partial charge on any atom is 0.253 e. The summed E-state index contributed by atoms with van der Waals surface area (Å²) >= 11 is 0. The van der Waals surface area contributed by atoms with Crippen LogP contribution < -0.4 is 15.5 Å². The average molecular weight is 406 g/mol. The molecule has 0 bridgehead atoms. The number of hydrogen-bond donors (Lipinski definition) is 2. The van der Waals surface area contributed by atoms with Gasteiger partial charge in [0.15, 0.2) is 0 Å². The Hall–Kier alpha value is -3.19. The molecule has 7 nitrogen and oxygen atoms in total. The molecule has 7 heteroatoms. The Kier molecular flexibility index (Phi) is 5.81. The third-order valence-electron chi connectivity index (χ3n) is 5.62. The topological polar surface area (TPSA) is 81.8 Å². The van der Waals surface area contributed by atoms with Gasteiger partial charge in [-0.05, 0) is 36.7 Å². The molecule has 2 heterocycles. The summed E-state index contributed by atoms with van der Waals surface area (Å²) in [6.07, 6.45) is 1.06. The van der Waals surface area contributed by atoms with Gasteiger partial charge in [-0.3, -0.25) is 14.4 Å². The minimum absolute atomic E-state index is 0.0611. The highest BCUT2D eigenvalue weighted by Crippen LogP contribution is 2.38. The first-order chi connectivity index (χ1) is 14.5. The first-order valence-corrected chi connectivity index (χ1v) is 10.3. The van der Waals surface area contributed by atoms with Crippen LogP contribution in [0, 0.1) is 0 Å². The lowest BCUT2D eigenvalue weighted by Gasteiger charge is -2.30. The molecule has 2 N–H and O–H groups in total. The number of carbonyl (C=O) groups excluding carboxylic acids is 3. The monoisotopic (exact) mass is 406 g/mol. The molecule has 3 amide bonds. The van der Waals surface area contributed by atoms with Gasteiger partial charge in [0.1, 0.15) is 0 Å². The highest BCUT2D eigenvalue weighted by molar-refractivity contribution is 6.06. The fraction of sp³-hybridized carbons (Fsp3) is 0.348. The molecule has 30 heavy (non-hydrogen) atoms. The van der Waals surface area contributed by atoms with Crippen molar-refractivity contribution in [1.82, 2.24) is 10.2 Å². The smallest absolute Gasteiger partial charge is 0.253 e. The first kappa shape index (κ1) is 20.1. The average Bonchev–Trinajstić information content (AvgIpc) is 3.10. The van der Waals surface area contributed by atoms with E-state index in [-0.39, 0.29) is 24.1 Å². The van der Waals surface area contributed by atoms with Gasteiger partial charge < -0.3 is 20.4 Å². The van der Waals surface area contributed by atoms with E-state index in [0.29, 0.717) is 30.0 Å². The highest BCUT2D eigenvalue weighted by Gasteiger charge is 2.32. The molecule has 1 saturated heterocycles. The van der Waals surface area contributed by atoms with Crippen molar-refractivity contribution in [2.24, 2.45) is 0 Å². The second kappa shape index (κ2) is 8.67. The zero-order valence-electron chi connectivity index (χ0n) is 17.1. The molecule has 1 atom stereocenters. The van der Waals surface area contributed by atoms with Crippen LogP contribution >= 0.6 is 0 Å². The van der Waals surface area contributed by atoms with Gasteiger partial charge in [-0.25, -0.2) is 0 Å². The number of anilines is 2. The maximum atomic E-state index is 13.0. The molecule has 0 radical (unpaired) electrons. The number of fused-ring (bicyclic) bond motifs is 1. The van der Waals surface area contributed by atoms with Crippen LogP contribution in [0.5, 0.6) is 0 Å². The van der Waals surface area contributed by atoms with E-state index in [2.05, 4.69) is 10.6 Å². The lowest BCUT2D eigenvalue weighted by atomic mass is 10.0. The Morgan fingerprint density at radius 3 is 2.60 bits per heavy atom. The van der Waals surface area contributed by atoms with Crippen molar-refractivity contribution >= 4 is 29.1 Å². The van der Waals surface area contributed by atoms with E-state index in [9.17, 15) is 14.4 Å². The van der Waals surface area contributed by atoms with E-state index < -0.39 is 6.04 Å². The summed E-state index contributed by atoms with van der Waals surface area (Å²) in [5.41, 5.74) is 2.51. The van der Waals surface area contributed by atoms with Crippen LogP contribution in [-0.4, -0.2) is 48.8 Å². The molecule has 2 aromatic rings. The number of rotatable bonds is 2. The fourth-order valence-electron chi connectivity index (χ4n) is 4.18. The first-order valence-electron chi connectivity index (χ1n) is 10.3. The van der Waals surface area contributed by atoms with E-state index in [4.69, 9.17) is 0 Å².